The molecule has 0 aliphatic carbocycles. The van der Waals surface area contributed by atoms with Crippen molar-refractivity contribution in [2.45, 2.75) is 13.0 Å². The maximum absolute atomic E-state index is 12.3. The van der Waals surface area contributed by atoms with Crippen molar-refractivity contribution in [1.29, 1.82) is 0 Å². The lowest BCUT2D eigenvalue weighted by Crippen LogP contribution is -2.28. The number of para-hydroxylation sites is 1. The van der Waals surface area contributed by atoms with Crippen LogP contribution in [0.3, 0.4) is 0 Å². The number of fused-ring (bicyclic) bond motifs is 1. The predicted molar refractivity (Wildman–Crippen MR) is 92.7 cm³/mol. The lowest BCUT2D eigenvalue weighted by atomic mass is 10.2. The number of amides is 1. The Morgan fingerprint density at radius 1 is 1.38 bits per heavy atom. The molecular formula is C16H14N6O4. The largest absolute Gasteiger partial charge is 0.507 e. The van der Waals surface area contributed by atoms with Gasteiger partial charge in [0.2, 0.25) is 0 Å². The lowest BCUT2D eigenvalue weighted by Gasteiger charge is -2.10. The molecule has 1 aromatic heterocycles. The van der Waals surface area contributed by atoms with Crippen molar-refractivity contribution in [2.75, 3.05) is 0 Å². The summed E-state index contributed by atoms with van der Waals surface area (Å²) in [5.41, 5.74) is 3.60. The Kier molecular flexibility index (Phi) is 4.56. The van der Waals surface area contributed by atoms with Gasteiger partial charge in [-0.05, 0) is 25.1 Å². The quantitative estimate of drug-likeness (QED) is 0.407. The molecule has 1 amide bonds. The zero-order valence-electron chi connectivity index (χ0n) is 13.6. The highest BCUT2D eigenvalue weighted by molar-refractivity contribution is 5.87. The summed E-state index contributed by atoms with van der Waals surface area (Å²) in [6, 6.07) is 10.0. The summed E-state index contributed by atoms with van der Waals surface area (Å²) < 4.78 is 1.46. The number of nitrogens with zero attached hydrogens (tertiary/aromatic N) is 5. The molecule has 10 heteroatoms. The Bertz CT molecular complexity index is 1010. The number of rotatable bonds is 5. The fourth-order valence-electron chi connectivity index (χ4n) is 2.30. The Balaban J connectivity index is 1.73. The van der Waals surface area contributed by atoms with Gasteiger partial charge in [0.25, 0.3) is 11.6 Å². The zero-order valence-corrected chi connectivity index (χ0v) is 13.6. The third-order valence-electron chi connectivity index (χ3n) is 3.72. The minimum Gasteiger partial charge on any atom is -0.507 e. The van der Waals surface area contributed by atoms with Crippen LogP contribution in [0.1, 0.15) is 18.5 Å². The molecular weight excluding hydrogens is 340 g/mol. The molecule has 0 aliphatic rings. The average molecular weight is 354 g/mol. The minimum absolute atomic E-state index is 0.110. The lowest BCUT2D eigenvalue weighted by molar-refractivity contribution is -0.384. The number of nitrogens with one attached hydrogen (secondary N) is 1. The third-order valence-corrected chi connectivity index (χ3v) is 3.72. The highest BCUT2D eigenvalue weighted by Crippen LogP contribution is 2.21. The van der Waals surface area contributed by atoms with Crippen LogP contribution in [0.4, 0.5) is 5.69 Å². The summed E-state index contributed by atoms with van der Waals surface area (Å²) in [5.74, 6) is -0.647. The number of aromatic nitrogens is 3. The molecule has 3 rings (SSSR count). The van der Waals surface area contributed by atoms with Crippen LogP contribution in [0.15, 0.2) is 47.6 Å². The van der Waals surface area contributed by atoms with E-state index in [9.17, 15) is 20.0 Å². The van der Waals surface area contributed by atoms with E-state index in [1.807, 2.05) is 12.1 Å². The van der Waals surface area contributed by atoms with Crippen LogP contribution in [-0.4, -0.2) is 37.1 Å². The van der Waals surface area contributed by atoms with E-state index in [0.717, 1.165) is 12.3 Å². The van der Waals surface area contributed by atoms with Gasteiger partial charge in [-0.25, -0.2) is 10.1 Å². The summed E-state index contributed by atoms with van der Waals surface area (Å²) in [4.78, 5) is 22.4. The second kappa shape index (κ2) is 6.97. The van der Waals surface area contributed by atoms with Crippen molar-refractivity contribution in [3.05, 3.63) is 58.1 Å². The van der Waals surface area contributed by atoms with E-state index in [1.165, 1.54) is 16.8 Å². The molecule has 1 heterocycles. The molecule has 0 spiro atoms. The molecule has 0 fully saturated rings. The second-order valence-corrected chi connectivity index (χ2v) is 5.43. The van der Waals surface area contributed by atoms with E-state index in [2.05, 4.69) is 20.8 Å². The summed E-state index contributed by atoms with van der Waals surface area (Å²) in [6.07, 6.45) is 1.13. The number of phenolic OH excluding ortho intramolecular Hbond substituents is 1. The Labute approximate surface area is 146 Å². The highest BCUT2D eigenvalue weighted by Gasteiger charge is 2.18. The van der Waals surface area contributed by atoms with Gasteiger partial charge in [-0.2, -0.15) is 5.10 Å². The topological polar surface area (TPSA) is 136 Å². The van der Waals surface area contributed by atoms with Gasteiger partial charge in [0.05, 0.1) is 16.7 Å². The molecule has 10 nitrogen and oxygen atoms in total. The number of hydrazone groups is 1. The Morgan fingerprint density at radius 3 is 2.92 bits per heavy atom. The molecule has 0 aliphatic heterocycles. The monoisotopic (exact) mass is 354 g/mol. The fourth-order valence-corrected chi connectivity index (χ4v) is 2.30. The smallest absolute Gasteiger partial charge is 0.270 e. The first-order valence-electron chi connectivity index (χ1n) is 7.57. The molecule has 0 saturated heterocycles. The SMILES string of the molecule is C[C@@H](C(=O)N/N=C\c1cc([N+](=O)[O-])ccc1O)n1nnc2ccccc21. The normalized spacial score (nSPS) is 12.3. The van der Waals surface area contributed by atoms with Crippen LogP contribution in [0.2, 0.25) is 0 Å². The number of aromatic hydroxyl groups is 1. The van der Waals surface area contributed by atoms with Crippen molar-refractivity contribution in [3.8, 4) is 5.75 Å². The van der Waals surface area contributed by atoms with Crippen molar-refractivity contribution < 1.29 is 14.8 Å². The Morgan fingerprint density at radius 2 is 2.15 bits per heavy atom. The van der Waals surface area contributed by atoms with Crippen LogP contribution >= 0.6 is 0 Å². The number of benzene rings is 2. The molecule has 0 unspecified atom stereocenters. The van der Waals surface area contributed by atoms with Gasteiger partial charge >= 0.3 is 0 Å². The molecule has 0 bridgehead atoms. The maximum Gasteiger partial charge on any atom is 0.270 e. The number of non-ortho nitro benzene ring substituents is 1. The van der Waals surface area contributed by atoms with E-state index in [-0.39, 0.29) is 17.0 Å². The Hall–Kier alpha value is -3.82. The second-order valence-electron chi connectivity index (χ2n) is 5.43. The van der Waals surface area contributed by atoms with E-state index in [0.29, 0.717) is 11.0 Å². The molecule has 3 aromatic rings. The third kappa shape index (κ3) is 3.34. The maximum atomic E-state index is 12.3. The molecule has 2 aromatic carbocycles. The van der Waals surface area contributed by atoms with Gasteiger partial charge in [0, 0.05) is 17.7 Å². The number of carbonyl (C=O) groups is 1. The van der Waals surface area contributed by atoms with Gasteiger partial charge in [0.15, 0.2) is 0 Å². The fraction of sp³-hybridized carbons (Fsp3) is 0.125. The van der Waals surface area contributed by atoms with Crippen LogP contribution < -0.4 is 5.43 Å². The van der Waals surface area contributed by atoms with Crippen molar-refractivity contribution in [1.82, 2.24) is 20.4 Å². The molecule has 1 atom stereocenters. The van der Waals surface area contributed by atoms with Crippen LogP contribution in [0.5, 0.6) is 5.75 Å². The summed E-state index contributed by atoms with van der Waals surface area (Å²) in [5, 5.41) is 32.2. The molecule has 26 heavy (non-hydrogen) atoms. The number of hydrogen-bond acceptors (Lipinski definition) is 7. The minimum atomic E-state index is -0.682. The van der Waals surface area contributed by atoms with E-state index < -0.39 is 16.9 Å². The molecule has 2 N–H and O–H groups in total. The number of hydrogen-bond donors (Lipinski definition) is 2. The number of nitro benzene ring substituents is 1. The van der Waals surface area contributed by atoms with Gasteiger partial charge < -0.3 is 5.11 Å². The zero-order chi connectivity index (χ0) is 18.7. The highest BCUT2D eigenvalue weighted by atomic mass is 16.6. The van der Waals surface area contributed by atoms with Crippen LogP contribution in [0.25, 0.3) is 11.0 Å². The van der Waals surface area contributed by atoms with E-state index in [4.69, 9.17) is 0 Å². The van der Waals surface area contributed by atoms with E-state index in [1.54, 1.807) is 19.1 Å². The summed E-state index contributed by atoms with van der Waals surface area (Å²) >= 11 is 0. The van der Waals surface area contributed by atoms with Gasteiger partial charge in [0.1, 0.15) is 17.3 Å². The van der Waals surface area contributed by atoms with Crippen molar-refractivity contribution in [2.24, 2.45) is 5.10 Å². The number of nitro groups is 1. The first-order chi connectivity index (χ1) is 12.5. The number of phenols is 1. The first kappa shape index (κ1) is 17.0. The first-order valence-corrected chi connectivity index (χ1v) is 7.57. The van der Waals surface area contributed by atoms with Crippen LogP contribution in [-0.2, 0) is 4.79 Å². The van der Waals surface area contributed by atoms with Crippen molar-refractivity contribution >= 4 is 28.8 Å². The predicted octanol–water partition coefficient (Wildman–Crippen LogP) is 1.76. The standard InChI is InChI=1S/C16H14N6O4/c1-10(21-14-5-3-2-4-13(14)18-20-21)16(24)19-17-9-11-8-12(22(25)26)6-7-15(11)23/h2-10,23H,1H3,(H,19,24)/b17-9-/t10-/m0/s1. The average Bonchev–Trinajstić information content (AvgIpc) is 3.06. The van der Waals surface area contributed by atoms with Gasteiger partial charge in [-0.3, -0.25) is 14.9 Å². The summed E-state index contributed by atoms with van der Waals surface area (Å²) in [7, 11) is 0. The molecule has 0 radical (unpaired) electrons. The van der Waals surface area contributed by atoms with Crippen molar-refractivity contribution in [3.63, 3.8) is 0 Å². The summed E-state index contributed by atoms with van der Waals surface area (Å²) in [6.45, 7) is 1.64. The van der Waals surface area contributed by atoms with Gasteiger partial charge in [-0.15, -0.1) is 5.10 Å². The van der Waals surface area contributed by atoms with E-state index >= 15 is 0 Å². The van der Waals surface area contributed by atoms with Gasteiger partial charge in [-0.1, -0.05) is 17.3 Å². The number of carbonyl (C=O) groups excluding carboxylic acids is 1. The molecule has 0 saturated carbocycles. The molecule has 132 valence electrons. The van der Waals surface area contributed by atoms with Crippen LogP contribution in [0, 0.1) is 10.1 Å².